The molecule has 1 saturated heterocycles. The Kier molecular flexibility index (Phi) is 4.58. The first-order chi connectivity index (χ1) is 5.79. The van der Waals surface area contributed by atoms with Crippen LogP contribution in [0, 0.1) is 0 Å². The molecule has 3 nitrogen and oxygen atoms in total. The van der Waals surface area contributed by atoms with Gasteiger partial charge in [0.2, 0.25) is 0 Å². The molecule has 1 rings (SSSR count). The van der Waals surface area contributed by atoms with Gasteiger partial charge in [-0.15, -0.1) is 0 Å². The second-order valence-corrected chi connectivity index (χ2v) is 3.70. The van der Waals surface area contributed by atoms with Gasteiger partial charge in [-0.2, -0.15) is 0 Å². The molecule has 0 spiro atoms. The van der Waals surface area contributed by atoms with Crippen LogP contribution in [0.25, 0.3) is 0 Å². The molecule has 0 radical (unpaired) electrons. The molecular weight excluding hydrogens is 150 g/mol. The highest BCUT2D eigenvalue weighted by molar-refractivity contribution is 4.68. The Morgan fingerprint density at radius 2 is 2.08 bits per heavy atom. The first-order valence-electron chi connectivity index (χ1n) is 4.95. The molecule has 0 aliphatic carbocycles. The molecule has 0 bridgehead atoms. The molecule has 1 aliphatic rings. The van der Waals surface area contributed by atoms with Crippen LogP contribution < -0.4 is 10.6 Å². The molecular formula is C9H23N3. The Hall–Kier alpha value is -0.120. The molecule has 3 heteroatoms. The minimum atomic E-state index is 0. The van der Waals surface area contributed by atoms with Crippen molar-refractivity contribution >= 4 is 0 Å². The van der Waals surface area contributed by atoms with E-state index in [-0.39, 0.29) is 1.43 Å². The lowest BCUT2D eigenvalue weighted by Crippen LogP contribution is -2.46. The Morgan fingerprint density at radius 1 is 1.42 bits per heavy atom. The van der Waals surface area contributed by atoms with Crippen LogP contribution in [-0.2, 0) is 0 Å². The largest absolute Gasteiger partial charge is 0.314 e. The van der Waals surface area contributed by atoms with Crippen LogP contribution in [0.1, 0.15) is 15.3 Å². The monoisotopic (exact) mass is 173 g/mol. The molecule has 0 saturated carbocycles. The average molecular weight is 173 g/mol. The van der Waals surface area contributed by atoms with E-state index in [1.165, 1.54) is 19.6 Å². The van der Waals surface area contributed by atoms with Gasteiger partial charge >= 0.3 is 0 Å². The van der Waals surface area contributed by atoms with Crippen LogP contribution in [-0.4, -0.2) is 50.2 Å². The topological polar surface area (TPSA) is 27.3 Å². The van der Waals surface area contributed by atoms with Crippen LogP contribution in [0.15, 0.2) is 0 Å². The fourth-order valence-electron chi connectivity index (χ4n) is 1.45. The van der Waals surface area contributed by atoms with Gasteiger partial charge in [-0.1, -0.05) is 13.8 Å². The maximum absolute atomic E-state index is 3.43. The zero-order chi connectivity index (χ0) is 8.81. The molecule has 0 aromatic heterocycles. The van der Waals surface area contributed by atoms with E-state index < -0.39 is 0 Å². The van der Waals surface area contributed by atoms with Crippen molar-refractivity contribution in [1.82, 2.24) is 15.5 Å². The van der Waals surface area contributed by atoms with E-state index >= 15 is 0 Å². The van der Waals surface area contributed by atoms with Crippen LogP contribution in [0.2, 0.25) is 0 Å². The normalized spacial score (nSPS) is 20.2. The summed E-state index contributed by atoms with van der Waals surface area (Å²) in [5.74, 6) is 0. The number of hydrogen-bond donors (Lipinski definition) is 2. The lowest BCUT2D eigenvalue weighted by molar-refractivity contribution is 0.239. The highest BCUT2D eigenvalue weighted by Crippen LogP contribution is 1.90. The quantitative estimate of drug-likeness (QED) is 0.633. The summed E-state index contributed by atoms with van der Waals surface area (Å²) in [6.45, 7) is 11.4. The van der Waals surface area contributed by atoms with E-state index in [1.807, 2.05) is 0 Å². The molecule has 74 valence electrons. The number of nitrogens with zero attached hydrogens (tertiary/aromatic N) is 1. The third-order valence-corrected chi connectivity index (χ3v) is 2.19. The van der Waals surface area contributed by atoms with Crippen LogP contribution in [0.4, 0.5) is 0 Å². The summed E-state index contributed by atoms with van der Waals surface area (Å²) >= 11 is 0. The van der Waals surface area contributed by atoms with E-state index in [0.717, 1.165) is 19.6 Å². The minimum Gasteiger partial charge on any atom is -0.314 e. The van der Waals surface area contributed by atoms with Crippen molar-refractivity contribution in [3.8, 4) is 0 Å². The van der Waals surface area contributed by atoms with Crippen LogP contribution >= 0.6 is 0 Å². The summed E-state index contributed by atoms with van der Waals surface area (Å²) in [4.78, 5) is 2.51. The first-order valence-corrected chi connectivity index (χ1v) is 4.95. The predicted molar refractivity (Wildman–Crippen MR) is 54.6 cm³/mol. The number of rotatable bonds is 4. The summed E-state index contributed by atoms with van der Waals surface area (Å²) in [6, 6.07) is 0.618. The Balaban J connectivity index is 0.00000144. The first kappa shape index (κ1) is 9.96. The summed E-state index contributed by atoms with van der Waals surface area (Å²) < 4.78 is 0. The Morgan fingerprint density at radius 3 is 2.67 bits per heavy atom. The molecule has 1 heterocycles. The van der Waals surface area contributed by atoms with Gasteiger partial charge in [0.15, 0.2) is 0 Å². The third kappa shape index (κ3) is 4.04. The number of piperazine rings is 1. The van der Waals surface area contributed by atoms with Gasteiger partial charge in [-0.25, -0.2) is 0 Å². The molecule has 0 amide bonds. The maximum atomic E-state index is 3.43. The highest BCUT2D eigenvalue weighted by Gasteiger charge is 2.07. The van der Waals surface area contributed by atoms with Gasteiger partial charge < -0.3 is 10.6 Å². The lowest BCUT2D eigenvalue weighted by atomic mass is 10.3. The van der Waals surface area contributed by atoms with E-state index in [9.17, 15) is 0 Å². The average Bonchev–Trinajstić information content (AvgIpc) is 2.05. The summed E-state index contributed by atoms with van der Waals surface area (Å²) in [6.07, 6.45) is 0. The van der Waals surface area contributed by atoms with E-state index in [0.29, 0.717) is 6.04 Å². The minimum absolute atomic E-state index is 0. The number of nitrogens with one attached hydrogen (secondary N) is 2. The zero-order valence-electron chi connectivity index (χ0n) is 8.27. The van der Waals surface area contributed by atoms with Gasteiger partial charge in [0.05, 0.1) is 0 Å². The summed E-state index contributed by atoms with van der Waals surface area (Å²) in [7, 11) is 0. The molecule has 0 atom stereocenters. The van der Waals surface area contributed by atoms with Crippen molar-refractivity contribution in [1.29, 1.82) is 0 Å². The van der Waals surface area contributed by atoms with Crippen LogP contribution in [0.3, 0.4) is 0 Å². The van der Waals surface area contributed by atoms with Crippen molar-refractivity contribution in [3.05, 3.63) is 0 Å². The number of hydrogen-bond acceptors (Lipinski definition) is 3. The summed E-state index contributed by atoms with van der Waals surface area (Å²) in [5, 5.41) is 6.78. The lowest BCUT2D eigenvalue weighted by Gasteiger charge is -2.27. The predicted octanol–water partition coefficient (Wildman–Crippen LogP) is 0.136. The van der Waals surface area contributed by atoms with E-state index in [2.05, 4.69) is 29.4 Å². The smallest absolute Gasteiger partial charge is 0.0108 e. The molecule has 0 aromatic carbocycles. The molecule has 0 unspecified atom stereocenters. The second-order valence-electron chi connectivity index (χ2n) is 3.70. The fraction of sp³-hybridized carbons (Fsp3) is 1.00. The van der Waals surface area contributed by atoms with Gasteiger partial charge in [-0.05, 0) is 0 Å². The van der Waals surface area contributed by atoms with E-state index in [4.69, 9.17) is 0 Å². The SMILES string of the molecule is CC(C)NCCN1CCNCC1.[HH]. The summed E-state index contributed by atoms with van der Waals surface area (Å²) in [5.41, 5.74) is 0. The van der Waals surface area contributed by atoms with Crippen molar-refractivity contribution in [3.63, 3.8) is 0 Å². The molecule has 1 fully saturated rings. The van der Waals surface area contributed by atoms with E-state index in [1.54, 1.807) is 0 Å². The van der Waals surface area contributed by atoms with Gasteiger partial charge in [0, 0.05) is 46.7 Å². The van der Waals surface area contributed by atoms with Crippen LogP contribution in [0.5, 0.6) is 0 Å². The maximum Gasteiger partial charge on any atom is 0.0108 e. The molecule has 2 N–H and O–H groups in total. The van der Waals surface area contributed by atoms with Crippen molar-refractivity contribution in [2.75, 3.05) is 39.3 Å². The molecule has 0 aromatic rings. The molecule has 1 aliphatic heterocycles. The molecule has 12 heavy (non-hydrogen) atoms. The zero-order valence-corrected chi connectivity index (χ0v) is 8.27. The van der Waals surface area contributed by atoms with Gasteiger partial charge in [-0.3, -0.25) is 4.90 Å². The highest BCUT2D eigenvalue weighted by atomic mass is 15.2. The van der Waals surface area contributed by atoms with Crippen molar-refractivity contribution in [2.45, 2.75) is 19.9 Å². The second kappa shape index (κ2) is 5.51. The third-order valence-electron chi connectivity index (χ3n) is 2.19. The van der Waals surface area contributed by atoms with Crippen molar-refractivity contribution in [2.24, 2.45) is 0 Å². The standard InChI is InChI=1S/C9H21N3.H2/c1-9(2)11-5-8-12-6-3-10-4-7-12;/h9-11H,3-8H2,1-2H3;1H. The Bertz CT molecular complexity index is 113. The van der Waals surface area contributed by atoms with Crippen molar-refractivity contribution < 1.29 is 1.43 Å². The fourth-order valence-corrected chi connectivity index (χ4v) is 1.45. The van der Waals surface area contributed by atoms with Gasteiger partial charge in [0.1, 0.15) is 0 Å². The van der Waals surface area contributed by atoms with Gasteiger partial charge in [0.25, 0.3) is 0 Å². The Labute approximate surface area is 77.0 Å².